The van der Waals surface area contributed by atoms with Gasteiger partial charge in [0.15, 0.2) is 0 Å². The molecule has 0 aliphatic heterocycles. The third-order valence-corrected chi connectivity index (χ3v) is 4.23. The van der Waals surface area contributed by atoms with Crippen LogP contribution in [0.2, 0.25) is 0 Å². The van der Waals surface area contributed by atoms with Gasteiger partial charge in [0.2, 0.25) is 0 Å². The Hall–Kier alpha value is -1.00. The van der Waals surface area contributed by atoms with Gasteiger partial charge in [0.1, 0.15) is 0 Å². The van der Waals surface area contributed by atoms with Crippen molar-refractivity contribution < 1.29 is 9.90 Å². The van der Waals surface area contributed by atoms with Crippen LogP contribution in [0.25, 0.3) is 0 Å². The number of aliphatic carboxylic acids is 1. The van der Waals surface area contributed by atoms with E-state index < -0.39 is 11.4 Å². The summed E-state index contributed by atoms with van der Waals surface area (Å²) >= 11 is 1.73. The van der Waals surface area contributed by atoms with Gasteiger partial charge in [-0.25, -0.2) is 0 Å². The molecule has 0 saturated heterocycles. The molecule has 1 fully saturated rings. The van der Waals surface area contributed by atoms with Crippen LogP contribution in [0.4, 0.5) is 0 Å². The number of hydrogen-bond donors (Lipinski definition) is 1. The first-order chi connectivity index (χ1) is 8.55. The Kier molecular flexibility index (Phi) is 3.97. The highest BCUT2D eigenvalue weighted by Crippen LogP contribution is 2.46. The molecule has 4 heteroatoms. The molecule has 18 heavy (non-hydrogen) atoms. The molecule has 1 aliphatic carbocycles. The van der Waals surface area contributed by atoms with Crippen LogP contribution in [0.3, 0.4) is 0 Å². The van der Waals surface area contributed by atoms with Crippen LogP contribution in [0.15, 0.2) is 29.2 Å². The molecule has 0 unspecified atom stereocenters. The van der Waals surface area contributed by atoms with Crippen molar-refractivity contribution in [1.82, 2.24) is 4.90 Å². The van der Waals surface area contributed by atoms with Gasteiger partial charge in [-0.05, 0) is 43.8 Å². The zero-order valence-electron chi connectivity index (χ0n) is 10.8. The lowest BCUT2D eigenvalue weighted by Gasteiger charge is -2.21. The summed E-state index contributed by atoms with van der Waals surface area (Å²) in [6, 6.07) is 8.45. The maximum absolute atomic E-state index is 11.1. The fraction of sp³-hybridized carbons (Fsp3) is 0.500. The lowest BCUT2D eigenvalue weighted by Crippen LogP contribution is -2.31. The number of carboxylic acid groups (broad SMARTS) is 1. The van der Waals surface area contributed by atoms with Gasteiger partial charge in [-0.2, -0.15) is 0 Å². The predicted molar refractivity (Wildman–Crippen MR) is 73.9 cm³/mol. The van der Waals surface area contributed by atoms with E-state index in [4.69, 9.17) is 5.11 Å². The lowest BCUT2D eigenvalue weighted by molar-refractivity contribution is -0.144. The second kappa shape index (κ2) is 5.33. The van der Waals surface area contributed by atoms with E-state index in [1.807, 2.05) is 7.05 Å². The Labute approximate surface area is 112 Å². The van der Waals surface area contributed by atoms with Crippen LogP contribution in [0.1, 0.15) is 18.4 Å². The number of rotatable bonds is 6. The van der Waals surface area contributed by atoms with E-state index in [0.29, 0.717) is 6.54 Å². The smallest absolute Gasteiger partial charge is 0.310 e. The third-order valence-electron chi connectivity index (χ3n) is 3.49. The Morgan fingerprint density at radius 1 is 1.39 bits per heavy atom. The van der Waals surface area contributed by atoms with Crippen LogP contribution >= 0.6 is 11.8 Å². The molecule has 1 saturated carbocycles. The van der Waals surface area contributed by atoms with Crippen molar-refractivity contribution in [2.45, 2.75) is 24.3 Å². The van der Waals surface area contributed by atoms with Crippen LogP contribution in [0.5, 0.6) is 0 Å². The highest BCUT2D eigenvalue weighted by molar-refractivity contribution is 7.98. The normalized spacial score (nSPS) is 16.8. The topological polar surface area (TPSA) is 40.5 Å². The van der Waals surface area contributed by atoms with Crippen LogP contribution in [-0.4, -0.2) is 35.8 Å². The quantitative estimate of drug-likeness (QED) is 0.803. The first-order valence-electron chi connectivity index (χ1n) is 6.11. The molecule has 0 amide bonds. The minimum Gasteiger partial charge on any atom is -0.481 e. The maximum Gasteiger partial charge on any atom is 0.310 e. The first kappa shape index (κ1) is 13.4. The summed E-state index contributed by atoms with van der Waals surface area (Å²) in [6.45, 7) is 1.45. The number of thioether (sulfide) groups is 1. The second-order valence-electron chi connectivity index (χ2n) is 5.11. The number of carboxylic acids is 1. The molecular formula is C14H19NO2S. The van der Waals surface area contributed by atoms with Crippen molar-refractivity contribution in [3.8, 4) is 0 Å². The van der Waals surface area contributed by atoms with Gasteiger partial charge in [-0.15, -0.1) is 11.8 Å². The minimum atomic E-state index is -0.646. The Morgan fingerprint density at radius 3 is 2.44 bits per heavy atom. The molecule has 3 nitrogen and oxygen atoms in total. The van der Waals surface area contributed by atoms with Gasteiger partial charge < -0.3 is 10.0 Å². The molecule has 0 aromatic heterocycles. The molecule has 0 heterocycles. The monoisotopic (exact) mass is 265 g/mol. The molecule has 1 aliphatic rings. The highest BCUT2D eigenvalue weighted by atomic mass is 32.2. The van der Waals surface area contributed by atoms with E-state index in [0.717, 1.165) is 19.4 Å². The zero-order valence-corrected chi connectivity index (χ0v) is 11.7. The van der Waals surface area contributed by atoms with E-state index in [9.17, 15) is 4.79 Å². The highest BCUT2D eigenvalue weighted by Gasteiger charge is 2.50. The molecule has 0 atom stereocenters. The van der Waals surface area contributed by atoms with Crippen LogP contribution < -0.4 is 0 Å². The summed E-state index contributed by atoms with van der Waals surface area (Å²) in [6.07, 6.45) is 3.70. The molecule has 1 N–H and O–H groups in total. The van der Waals surface area contributed by atoms with Crippen LogP contribution in [0, 0.1) is 5.41 Å². The second-order valence-corrected chi connectivity index (χ2v) is 5.99. The summed E-state index contributed by atoms with van der Waals surface area (Å²) in [5, 5.41) is 9.16. The lowest BCUT2D eigenvalue weighted by atomic mass is 10.1. The molecule has 1 aromatic carbocycles. The van der Waals surface area contributed by atoms with E-state index in [1.54, 1.807) is 11.8 Å². The van der Waals surface area contributed by atoms with Gasteiger partial charge >= 0.3 is 5.97 Å². The van der Waals surface area contributed by atoms with Crippen molar-refractivity contribution >= 4 is 17.7 Å². The van der Waals surface area contributed by atoms with Gasteiger partial charge in [0.25, 0.3) is 0 Å². The molecule has 0 spiro atoms. The molecular weight excluding hydrogens is 246 g/mol. The predicted octanol–water partition coefficient (Wildman–Crippen LogP) is 2.71. The number of benzene rings is 1. The van der Waals surface area contributed by atoms with Crippen molar-refractivity contribution in [2.75, 3.05) is 19.8 Å². The fourth-order valence-electron chi connectivity index (χ4n) is 2.21. The van der Waals surface area contributed by atoms with Crippen molar-refractivity contribution in [3.05, 3.63) is 29.8 Å². The largest absolute Gasteiger partial charge is 0.481 e. The van der Waals surface area contributed by atoms with Crippen LogP contribution in [-0.2, 0) is 11.3 Å². The summed E-state index contributed by atoms with van der Waals surface area (Å²) in [5.41, 5.74) is 0.769. The van der Waals surface area contributed by atoms with Crippen molar-refractivity contribution in [2.24, 2.45) is 5.41 Å². The molecule has 0 radical (unpaired) electrons. The summed E-state index contributed by atoms with van der Waals surface area (Å²) in [7, 11) is 1.99. The minimum absolute atomic E-state index is 0.464. The summed E-state index contributed by atoms with van der Waals surface area (Å²) in [5.74, 6) is -0.646. The van der Waals surface area contributed by atoms with Gasteiger partial charge in [-0.3, -0.25) is 4.79 Å². The van der Waals surface area contributed by atoms with E-state index in [-0.39, 0.29) is 0 Å². The van der Waals surface area contributed by atoms with E-state index in [2.05, 4.69) is 35.4 Å². The van der Waals surface area contributed by atoms with Crippen molar-refractivity contribution in [3.63, 3.8) is 0 Å². The van der Waals surface area contributed by atoms with E-state index >= 15 is 0 Å². The average Bonchev–Trinajstić information content (AvgIpc) is 3.11. The number of nitrogens with zero attached hydrogens (tertiary/aromatic N) is 1. The molecule has 0 bridgehead atoms. The summed E-state index contributed by atoms with van der Waals surface area (Å²) in [4.78, 5) is 14.5. The number of hydrogen-bond acceptors (Lipinski definition) is 3. The molecule has 2 rings (SSSR count). The first-order valence-corrected chi connectivity index (χ1v) is 7.33. The van der Waals surface area contributed by atoms with Gasteiger partial charge in [-0.1, -0.05) is 12.1 Å². The standard InChI is InChI=1S/C14H19NO2S/c1-15(10-14(7-8-14)13(16)17)9-11-3-5-12(18-2)6-4-11/h3-6H,7-10H2,1-2H3,(H,16,17). The Morgan fingerprint density at radius 2 is 2.00 bits per heavy atom. The Balaban J connectivity index is 1.90. The average molecular weight is 265 g/mol. The van der Waals surface area contributed by atoms with Gasteiger partial charge in [0.05, 0.1) is 5.41 Å². The Bertz CT molecular complexity index is 426. The van der Waals surface area contributed by atoms with E-state index in [1.165, 1.54) is 10.5 Å². The zero-order chi connectivity index (χ0) is 13.2. The fourth-order valence-corrected chi connectivity index (χ4v) is 2.61. The SMILES string of the molecule is CSc1ccc(CN(C)CC2(C(=O)O)CC2)cc1. The van der Waals surface area contributed by atoms with Crippen molar-refractivity contribution in [1.29, 1.82) is 0 Å². The molecule has 1 aromatic rings. The maximum atomic E-state index is 11.1. The third kappa shape index (κ3) is 3.06. The molecule has 98 valence electrons. The number of carbonyl (C=O) groups is 1. The van der Waals surface area contributed by atoms with Gasteiger partial charge in [0, 0.05) is 18.0 Å². The summed E-state index contributed by atoms with van der Waals surface area (Å²) < 4.78 is 0.